The Hall–Kier alpha value is -2.11. The zero-order valence-electron chi connectivity index (χ0n) is 14.9. The molecule has 1 N–H and O–H groups in total. The first kappa shape index (κ1) is 18.7. The summed E-state index contributed by atoms with van der Waals surface area (Å²) in [6.45, 7) is 4.49. The summed E-state index contributed by atoms with van der Waals surface area (Å²) in [5.74, 6) is 0.426. The van der Waals surface area contributed by atoms with Crippen LogP contribution in [0.4, 0.5) is 0 Å². The van der Waals surface area contributed by atoms with Gasteiger partial charge in [0.25, 0.3) is 5.91 Å². The maximum Gasteiger partial charge on any atom is 0.260 e. The molecule has 1 amide bonds. The molecule has 0 radical (unpaired) electrons. The van der Waals surface area contributed by atoms with Gasteiger partial charge in [-0.1, -0.05) is 29.8 Å². The van der Waals surface area contributed by atoms with E-state index in [0.717, 1.165) is 38.2 Å². The van der Waals surface area contributed by atoms with E-state index in [1.54, 1.807) is 19.1 Å². The highest BCUT2D eigenvalue weighted by atomic mass is 35.5. The predicted molar refractivity (Wildman–Crippen MR) is 102 cm³/mol. The standard InChI is InChI=1S/C20H24ClN3O2/c1-15(26-19-8-3-2-7-18(19)21)20(25)23-16-9-12-24(13-10-16)14-17-6-4-5-11-22-17/h2-8,11,15-16H,9-10,12-14H2,1H3,(H,23,25). The van der Waals surface area contributed by atoms with Crippen LogP contribution in [-0.2, 0) is 11.3 Å². The number of aromatic nitrogens is 1. The molecule has 0 spiro atoms. The molecule has 6 heteroatoms. The Morgan fingerprint density at radius 2 is 2.00 bits per heavy atom. The Morgan fingerprint density at radius 3 is 2.69 bits per heavy atom. The molecule has 0 saturated carbocycles. The van der Waals surface area contributed by atoms with E-state index < -0.39 is 6.10 Å². The first-order valence-corrected chi connectivity index (χ1v) is 9.33. The molecule has 0 aliphatic carbocycles. The number of pyridine rings is 1. The van der Waals surface area contributed by atoms with Gasteiger partial charge in [-0.2, -0.15) is 0 Å². The lowest BCUT2D eigenvalue weighted by Crippen LogP contribution is -2.47. The number of para-hydroxylation sites is 1. The lowest BCUT2D eigenvalue weighted by Gasteiger charge is -2.32. The summed E-state index contributed by atoms with van der Waals surface area (Å²) in [5.41, 5.74) is 1.08. The van der Waals surface area contributed by atoms with E-state index >= 15 is 0 Å². The van der Waals surface area contributed by atoms with Crippen LogP contribution in [0, 0.1) is 0 Å². The highest BCUT2D eigenvalue weighted by Gasteiger charge is 2.24. The maximum absolute atomic E-state index is 12.4. The van der Waals surface area contributed by atoms with Crippen molar-refractivity contribution in [3.63, 3.8) is 0 Å². The fourth-order valence-corrected chi connectivity index (χ4v) is 3.24. The van der Waals surface area contributed by atoms with Crippen LogP contribution in [-0.4, -0.2) is 41.0 Å². The number of rotatable bonds is 6. The van der Waals surface area contributed by atoms with Crippen molar-refractivity contribution in [1.82, 2.24) is 15.2 Å². The van der Waals surface area contributed by atoms with E-state index in [1.807, 2.05) is 36.5 Å². The molecule has 1 saturated heterocycles. The second kappa shape index (κ2) is 9.01. The van der Waals surface area contributed by atoms with E-state index in [9.17, 15) is 4.79 Å². The molecule has 2 heterocycles. The average molecular weight is 374 g/mol. The molecule has 1 aliphatic heterocycles. The number of piperidine rings is 1. The Balaban J connectivity index is 1.43. The van der Waals surface area contributed by atoms with Gasteiger partial charge in [-0.3, -0.25) is 14.7 Å². The first-order valence-electron chi connectivity index (χ1n) is 8.95. The van der Waals surface area contributed by atoms with Crippen molar-refractivity contribution >= 4 is 17.5 Å². The van der Waals surface area contributed by atoms with Gasteiger partial charge in [0.2, 0.25) is 0 Å². The summed E-state index contributed by atoms with van der Waals surface area (Å²) >= 11 is 6.08. The van der Waals surface area contributed by atoms with Crippen molar-refractivity contribution in [3.8, 4) is 5.75 Å². The van der Waals surface area contributed by atoms with E-state index in [-0.39, 0.29) is 11.9 Å². The second-order valence-corrected chi connectivity index (χ2v) is 6.98. The summed E-state index contributed by atoms with van der Waals surface area (Å²) in [4.78, 5) is 19.1. The number of carbonyl (C=O) groups is 1. The summed E-state index contributed by atoms with van der Waals surface area (Å²) in [5, 5.41) is 3.60. The Kier molecular flexibility index (Phi) is 6.47. The number of ether oxygens (including phenoxy) is 1. The Bertz CT molecular complexity index is 718. The fourth-order valence-electron chi connectivity index (χ4n) is 3.06. The van der Waals surface area contributed by atoms with Crippen LogP contribution in [0.5, 0.6) is 5.75 Å². The number of halogens is 1. The Morgan fingerprint density at radius 1 is 1.27 bits per heavy atom. The van der Waals surface area contributed by atoms with Crippen molar-refractivity contribution in [3.05, 3.63) is 59.4 Å². The smallest absolute Gasteiger partial charge is 0.260 e. The first-order chi connectivity index (χ1) is 12.6. The molecule has 3 rings (SSSR count). The van der Waals surface area contributed by atoms with Crippen LogP contribution < -0.4 is 10.1 Å². The third-order valence-corrected chi connectivity index (χ3v) is 4.87. The zero-order chi connectivity index (χ0) is 18.4. The quantitative estimate of drug-likeness (QED) is 0.844. The number of amides is 1. The van der Waals surface area contributed by atoms with Crippen molar-refractivity contribution in [2.75, 3.05) is 13.1 Å². The van der Waals surface area contributed by atoms with E-state index in [4.69, 9.17) is 16.3 Å². The van der Waals surface area contributed by atoms with Gasteiger partial charge in [0.15, 0.2) is 6.10 Å². The third kappa shape index (κ3) is 5.19. The molecule has 1 aromatic carbocycles. The number of nitrogens with one attached hydrogen (secondary N) is 1. The molecule has 0 bridgehead atoms. The molecule has 5 nitrogen and oxygen atoms in total. The van der Waals surface area contributed by atoms with E-state index in [1.165, 1.54) is 0 Å². The van der Waals surface area contributed by atoms with Crippen LogP contribution in [0.25, 0.3) is 0 Å². The molecular formula is C20H24ClN3O2. The van der Waals surface area contributed by atoms with Crippen LogP contribution in [0.1, 0.15) is 25.5 Å². The van der Waals surface area contributed by atoms with Gasteiger partial charge in [-0.05, 0) is 44.0 Å². The number of likely N-dealkylation sites (tertiary alicyclic amines) is 1. The van der Waals surface area contributed by atoms with Crippen molar-refractivity contribution in [1.29, 1.82) is 0 Å². The largest absolute Gasteiger partial charge is 0.479 e. The maximum atomic E-state index is 12.4. The molecule has 1 atom stereocenters. The van der Waals surface area contributed by atoms with Gasteiger partial charge < -0.3 is 10.1 Å². The van der Waals surface area contributed by atoms with Crippen LogP contribution >= 0.6 is 11.6 Å². The number of hydrogen-bond donors (Lipinski definition) is 1. The van der Waals surface area contributed by atoms with E-state index in [0.29, 0.717) is 10.8 Å². The van der Waals surface area contributed by atoms with Gasteiger partial charge in [0, 0.05) is 31.9 Å². The number of hydrogen-bond acceptors (Lipinski definition) is 4. The molecule has 26 heavy (non-hydrogen) atoms. The zero-order valence-corrected chi connectivity index (χ0v) is 15.7. The van der Waals surface area contributed by atoms with Gasteiger partial charge >= 0.3 is 0 Å². The van der Waals surface area contributed by atoms with Crippen LogP contribution in [0.2, 0.25) is 5.02 Å². The minimum absolute atomic E-state index is 0.104. The summed E-state index contributed by atoms with van der Waals surface area (Å²) in [6.07, 6.45) is 3.10. The van der Waals surface area contributed by atoms with Crippen molar-refractivity contribution < 1.29 is 9.53 Å². The Labute approximate surface area is 159 Å². The highest BCUT2D eigenvalue weighted by Crippen LogP contribution is 2.24. The predicted octanol–water partition coefficient (Wildman–Crippen LogP) is 3.28. The van der Waals surface area contributed by atoms with Gasteiger partial charge in [0.1, 0.15) is 5.75 Å². The summed E-state index contributed by atoms with van der Waals surface area (Å²) in [6, 6.07) is 13.3. The average Bonchev–Trinajstić information content (AvgIpc) is 2.66. The third-order valence-electron chi connectivity index (χ3n) is 4.56. The SMILES string of the molecule is CC(Oc1ccccc1Cl)C(=O)NC1CCN(Cc2ccccn2)CC1. The molecular weight excluding hydrogens is 350 g/mol. The van der Waals surface area contributed by atoms with Crippen LogP contribution in [0.3, 0.4) is 0 Å². The molecule has 2 aromatic rings. The normalized spacial score (nSPS) is 16.8. The number of carbonyl (C=O) groups excluding carboxylic acids is 1. The summed E-state index contributed by atoms with van der Waals surface area (Å²) in [7, 11) is 0. The van der Waals surface area contributed by atoms with Gasteiger partial charge in [0.05, 0.1) is 10.7 Å². The highest BCUT2D eigenvalue weighted by molar-refractivity contribution is 6.32. The van der Waals surface area contributed by atoms with Gasteiger partial charge in [-0.15, -0.1) is 0 Å². The topological polar surface area (TPSA) is 54.5 Å². The lowest BCUT2D eigenvalue weighted by molar-refractivity contribution is -0.128. The fraction of sp³-hybridized carbons (Fsp3) is 0.400. The summed E-state index contributed by atoms with van der Waals surface area (Å²) < 4.78 is 5.69. The molecule has 1 aromatic heterocycles. The second-order valence-electron chi connectivity index (χ2n) is 6.57. The van der Waals surface area contributed by atoms with Crippen LogP contribution in [0.15, 0.2) is 48.7 Å². The number of benzene rings is 1. The van der Waals surface area contributed by atoms with E-state index in [2.05, 4.69) is 15.2 Å². The van der Waals surface area contributed by atoms with Crippen molar-refractivity contribution in [2.45, 2.75) is 38.5 Å². The minimum atomic E-state index is -0.582. The van der Waals surface area contributed by atoms with Crippen molar-refractivity contribution in [2.24, 2.45) is 0 Å². The molecule has 1 unspecified atom stereocenters. The van der Waals surface area contributed by atoms with Gasteiger partial charge in [-0.25, -0.2) is 0 Å². The molecule has 138 valence electrons. The lowest BCUT2D eigenvalue weighted by atomic mass is 10.0. The monoisotopic (exact) mass is 373 g/mol. The minimum Gasteiger partial charge on any atom is -0.479 e. The molecule has 1 aliphatic rings. The molecule has 1 fully saturated rings. The number of nitrogens with zero attached hydrogens (tertiary/aromatic N) is 2.